The van der Waals surface area contributed by atoms with Crippen molar-refractivity contribution in [3.63, 3.8) is 0 Å². The lowest BCUT2D eigenvalue weighted by Crippen LogP contribution is -2.36. The minimum atomic E-state index is -0.766. The fourth-order valence-corrected chi connectivity index (χ4v) is 3.27. The van der Waals surface area contributed by atoms with Crippen LogP contribution in [0.25, 0.3) is 11.3 Å². The minimum absolute atomic E-state index is 0.128. The number of aromatic nitrogens is 1. The first kappa shape index (κ1) is 24.4. The van der Waals surface area contributed by atoms with Gasteiger partial charge in [0.25, 0.3) is 5.91 Å². The van der Waals surface area contributed by atoms with Crippen molar-refractivity contribution in [1.29, 1.82) is 0 Å². The number of ether oxygens (including phenoxy) is 2. The monoisotopic (exact) mass is 466 g/mol. The Morgan fingerprint density at radius 3 is 2.55 bits per heavy atom. The summed E-state index contributed by atoms with van der Waals surface area (Å²) in [6.45, 7) is 2.52. The first-order valence-corrected chi connectivity index (χ1v) is 11.4. The van der Waals surface area contributed by atoms with E-state index in [0.717, 1.165) is 22.6 Å². The Morgan fingerprint density at radius 2 is 1.82 bits per heavy atom. The van der Waals surface area contributed by atoms with Crippen LogP contribution in [0.4, 0.5) is 5.69 Å². The first-order valence-electron chi connectivity index (χ1n) is 10.7. The number of nitrogens with zero attached hydrogens (tertiary/aromatic N) is 1. The van der Waals surface area contributed by atoms with Crippen LogP contribution >= 0.6 is 12.6 Å². The number of anilines is 1. The van der Waals surface area contributed by atoms with Crippen molar-refractivity contribution >= 4 is 24.2 Å². The van der Waals surface area contributed by atoms with Gasteiger partial charge in [-0.15, -0.1) is 0 Å². The maximum atomic E-state index is 12.7. The molecule has 0 aliphatic heterocycles. The Bertz CT molecular complexity index is 1050. The highest BCUT2D eigenvalue weighted by Gasteiger charge is 2.19. The van der Waals surface area contributed by atoms with Crippen LogP contribution in [0.15, 0.2) is 66.7 Å². The van der Waals surface area contributed by atoms with E-state index >= 15 is 0 Å². The van der Waals surface area contributed by atoms with Gasteiger partial charge in [-0.05, 0) is 25.1 Å². The molecule has 0 fully saturated rings. The van der Waals surface area contributed by atoms with E-state index in [1.54, 1.807) is 14.0 Å². The van der Waals surface area contributed by atoms with Crippen LogP contribution in [0.5, 0.6) is 11.6 Å². The molecule has 0 aliphatic rings. The molecule has 2 aromatic carbocycles. The zero-order chi connectivity index (χ0) is 23.6. The molecule has 8 heteroatoms. The Hall–Kier alpha value is -3.23. The molecule has 0 saturated heterocycles. The average Bonchev–Trinajstić information content (AvgIpc) is 2.86. The summed E-state index contributed by atoms with van der Waals surface area (Å²) in [5, 5.41) is 6.15. The van der Waals surface area contributed by atoms with E-state index in [-0.39, 0.29) is 11.9 Å². The van der Waals surface area contributed by atoms with Gasteiger partial charge in [-0.25, -0.2) is 4.98 Å². The molecule has 33 heavy (non-hydrogen) atoms. The number of nitrogens with one attached hydrogen (secondary N) is 2. The molecule has 0 saturated carbocycles. The number of pyridine rings is 1. The molecule has 1 unspecified atom stereocenters. The van der Waals surface area contributed by atoms with Crippen molar-refractivity contribution in [2.24, 2.45) is 5.73 Å². The third-order valence-corrected chi connectivity index (χ3v) is 5.49. The normalized spacial score (nSPS) is 12.5. The van der Waals surface area contributed by atoms with E-state index in [2.05, 4.69) is 28.2 Å². The van der Waals surface area contributed by atoms with Crippen molar-refractivity contribution in [1.82, 2.24) is 10.3 Å². The van der Waals surface area contributed by atoms with Crippen LogP contribution in [0, 0.1) is 0 Å². The van der Waals surface area contributed by atoms with E-state index < -0.39 is 6.10 Å². The molecular weight excluding hydrogens is 436 g/mol. The number of rotatable bonds is 11. The standard InChI is InChI=1S/C25H30N4O3S/c1-17(24(30)28-14-19-10-6-7-11-23(19)31-2)32-25-22(27-15-20(26)16-33)13-12-21(29-25)18-8-4-3-5-9-18/h3-13,17,20,27,33H,14-16,26H2,1-2H3,(H,28,30)/t17-,20?/m1/s1. The summed E-state index contributed by atoms with van der Waals surface area (Å²) in [7, 11) is 1.60. The molecule has 4 N–H and O–H groups in total. The van der Waals surface area contributed by atoms with Gasteiger partial charge in [-0.1, -0.05) is 48.5 Å². The molecule has 3 rings (SSSR count). The van der Waals surface area contributed by atoms with Gasteiger partial charge in [0.1, 0.15) is 5.75 Å². The quantitative estimate of drug-likeness (QED) is 0.323. The van der Waals surface area contributed by atoms with Gasteiger partial charge in [0, 0.05) is 36.0 Å². The van der Waals surface area contributed by atoms with Gasteiger partial charge in [-0.3, -0.25) is 4.79 Å². The highest BCUT2D eigenvalue weighted by atomic mass is 32.1. The molecule has 0 bridgehead atoms. The zero-order valence-electron chi connectivity index (χ0n) is 18.8. The second-order valence-corrected chi connectivity index (χ2v) is 7.89. The van der Waals surface area contributed by atoms with Crippen LogP contribution in [0.1, 0.15) is 12.5 Å². The second kappa shape index (κ2) is 12.1. The number of thiol groups is 1. The lowest BCUT2D eigenvalue weighted by Gasteiger charge is -2.19. The van der Waals surface area contributed by atoms with Crippen molar-refractivity contribution in [3.05, 3.63) is 72.3 Å². The highest BCUT2D eigenvalue weighted by Crippen LogP contribution is 2.28. The van der Waals surface area contributed by atoms with E-state index in [4.69, 9.17) is 15.2 Å². The predicted molar refractivity (Wildman–Crippen MR) is 135 cm³/mol. The fraction of sp³-hybridized carbons (Fsp3) is 0.280. The average molecular weight is 467 g/mol. The summed E-state index contributed by atoms with van der Waals surface area (Å²) in [5.74, 6) is 1.34. The number of benzene rings is 2. The van der Waals surface area contributed by atoms with Crippen molar-refractivity contribution in [2.45, 2.75) is 25.6 Å². The van der Waals surface area contributed by atoms with Crippen LogP contribution in [-0.4, -0.2) is 42.4 Å². The molecule has 1 amide bonds. The number of carbonyl (C=O) groups excluding carboxylic acids is 1. The summed E-state index contributed by atoms with van der Waals surface area (Å²) >= 11 is 4.23. The van der Waals surface area contributed by atoms with Crippen molar-refractivity contribution in [3.8, 4) is 22.9 Å². The number of hydrogen-bond donors (Lipinski definition) is 4. The van der Waals surface area contributed by atoms with E-state index in [0.29, 0.717) is 30.4 Å². The lowest BCUT2D eigenvalue weighted by molar-refractivity contribution is -0.127. The van der Waals surface area contributed by atoms with Gasteiger partial charge in [0.15, 0.2) is 6.10 Å². The second-order valence-electron chi connectivity index (χ2n) is 7.53. The number of amides is 1. The predicted octanol–water partition coefficient (Wildman–Crippen LogP) is 3.51. The third kappa shape index (κ3) is 6.87. The number of carbonyl (C=O) groups is 1. The summed E-state index contributed by atoms with van der Waals surface area (Å²) in [6, 6.07) is 21.0. The van der Waals surface area contributed by atoms with Crippen LogP contribution in [-0.2, 0) is 11.3 Å². The zero-order valence-corrected chi connectivity index (χ0v) is 19.7. The van der Waals surface area contributed by atoms with Gasteiger partial charge in [-0.2, -0.15) is 12.6 Å². The first-order chi connectivity index (χ1) is 16.0. The summed E-state index contributed by atoms with van der Waals surface area (Å²) < 4.78 is 11.3. The largest absolute Gasteiger partial charge is 0.496 e. The minimum Gasteiger partial charge on any atom is -0.496 e. The number of para-hydroxylation sites is 1. The van der Waals surface area contributed by atoms with E-state index in [1.165, 1.54) is 0 Å². The molecule has 7 nitrogen and oxygen atoms in total. The molecule has 0 aliphatic carbocycles. The van der Waals surface area contributed by atoms with E-state index in [1.807, 2.05) is 66.7 Å². The third-order valence-electron chi connectivity index (χ3n) is 5.02. The molecule has 2 atom stereocenters. The van der Waals surface area contributed by atoms with Crippen LogP contribution < -0.4 is 25.8 Å². The Morgan fingerprint density at radius 1 is 1.09 bits per heavy atom. The highest BCUT2D eigenvalue weighted by molar-refractivity contribution is 7.80. The molecular formula is C25H30N4O3S. The van der Waals surface area contributed by atoms with Gasteiger partial charge in [0.2, 0.25) is 5.88 Å². The van der Waals surface area contributed by atoms with Crippen LogP contribution in [0.2, 0.25) is 0 Å². The molecule has 174 valence electrons. The maximum absolute atomic E-state index is 12.7. The molecule has 0 radical (unpaired) electrons. The van der Waals surface area contributed by atoms with Gasteiger partial charge >= 0.3 is 0 Å². The molecule has 1 heterocycles. The molecule has 0 spiro atoms. The maximum Gasteiger partial charge on any atom is 0.261 e. The summed E-state index contributed by atoms with van der Waals surface area (Å²) in [5.41, 5.74) is 9.23. The van der Waals surface area contributed by atoms with Crippen LogP contribution in [0.3, 0.4) is 0 Å². The summed E-state index contributed by atoms with van der Waals surface area (Å²) in [4.78, 5) is 17.4. The Balaban J connectivity index is 1.74. The SMILES string of the molecule is COc1ccccc1CNC(=O)[C@@H](C)Oc1nc(-c2ccccc2)ccc1NCC(N)CS. The van der Waals surface area contributed by atoms with Gasteiger partial charge in [0.05, 0.1) is 18.5 Å². The Kier molecular flexibility index (Phi) is 8.97. The Labute approximate surface area is 200 Å². The fourth-order valence-electron chi connectivity index (χ4n) is 3.14. The van der Waals surface area contributed by atoms with Gasteiger partial charge < -0.3 is 25.8 Å². The number of nitrogens with two attached hydrogens (primary N) is 1. The topological polar surface area (TPSA) is 98.5 Å². The number of hydrogen-bond acceptors (Lipinski definition) is 7. The van der Waals surface area contributed by atoms with Crippen molar-refractivity contribution < 1.29 is 14.3 Å². The van der Waals surface area contributed by atoms with Crippen molar-refractivity contribution in [2.75, 3.05) is 24.7 Å². The number of methoxy groups -OCH3 is 1. The smallest absolute Gasteiger partial charge is 0.261 e. The molecule has 1 aromatic heterocycles. The molecule has 3 aromatic rings. The van der Waals surface area contributed by atoms with E-state index in [9.17, 15) is 4.79 Å². The summed E-state index contributed by atoms with van der Waals surface area (Å²) in [6.07, 6.45) is -0.766. The lowest BCUT2D eigenvalue weighted by atomic mass is 10.1.